The zero-order chi connectivity index (χ0) is 19.7. The van der Waals surface area contributed by atoms with Crippen molar-refractivity contribution in [3.63, 3.8) is 0 Å². The maximum absolute atomic E-state index is 13.1. The summed E-state index contributed by atoms with van der Waals surface area (Å²) in [7, 11) is -3.57. The molecule has 2 aromatic carbocycles. The van der Waals surface area contributed by atoms with E-state index in [1.165, 1.54) is 16.4 Å². The van der Waals surface area contributed by atoms with E-state index in [0.717, 1.165) is 12.0 Å². The molecule has 0 bridgehead atoms. The van der Waals surface area contributed by atoms with Crippen molar-refractivity contribution in [1.82, 2.24) is 14.4 Å². The standard InChI is InChI=1S/C20H20FN3O3S/c1-14-4-10-18(11-5-14)28(25,26)24-12-2-3-16(13-24)20-22-19(23-27-20)15-6-8-17(21)9-7-15/h4-11,16H,2-3,12-13H2,1H3. The molecule has 28 heavy (non-hydrogen) atoms. The van der Waals surface area contributed by atoms with Crippen LogP contribution in [0, 0.1) is 12.7 Å². The molecule has 0 radical (unpaired) electrons. The highest BCUT2D eigenvalue weighted by Gasteiger charge is 2.33. The van der Waals surface area contributed by atoms with Crippen molar-refractivity contribution in [3.05, 3.63) is 65.8 Å². The molecule has 6 nitrogen and oxygen atoms in total. The summed E-state index contributed by atoms with van der Waals surface area (Å²) < 4.78 is 45.9. The summed E-state index contributed by atoms with van der Waals surface area (Å²) in [6.07, 6.45) is 1.48. The number of benzene rings is 2. The molecular formula is C20H20FN3O3S. The Morgan fingerprint density at radius 1 is 1.11 bits per heavy atom. The first kappa shape index (κ1) is 18.8. The monoisotopic (exact) mass is 401 g/mol. The second-order valence-electron chi connectivity index (χ2n) is 6.98. The second-order valence-corrected chi connectivity index (χ2v) is 8.92. The molecule has 3 aromatic rings. The van der Waals surface area contributed by atoms with Crippen LogP contribution in [0.3, 0.4) is 0 Å². The van der Waals surface area contributed by atoms with Gasteiger partial charge in [-0.1, -0.05) is 22.9 Å². The minimum Gasteiger partial charge on any atom is -0.339 e. The summed E-state index contributed by atoms with van der Waals surface area (Å²) in [6, 6.07) is 12.7. The maximum Gasteiger partial charge on any atom is 0.243 e. The topological polar surface area (TPSA) is 76.3 Å². The van der Waals surface area contributed by atoms with Crippen molar-refractivity contribution in [1.29, 1.82) is 0 Å². The van der Waals surface area contributed by atoms with Crippen molar-refractivity contribution in [2.45, 2.75) is 30.6 Å². The Hall–Kier alpha value is -2.58. The molecule has 0 amide bonds. The van der Waals surface area contributed by atoms with Crippen LogP contribution in [0.2, 0.25) is 0 Å². The molecule has 1 aliphatic heterocycles. The van der Waals surface area contributed by atoms with Crippen LogP contribution in [-0.4, -0.2) is 36.0 Å². The Morgan fingerprint density at radius 2 is 1.82 bits per heavy atom. The van der Waals surface area contributed by atoms with Gasteiger partial charge < -0.3 is 4.52 Å². The summed E-state index contributed by atoms with van der Waals surface area (Å²) in [5, 5.41) is 3.97. The maximum atomic E-state index is 13.1. The van der Waals surface area contributed by atoms with Crippen LogP contribution in [0.4, 0.5) is 4.39 Å². The Bertz CT molecular complexity index is 1060. The number of hydrogen-bond acceptors (Lipinski definition) is 5. The smallest absolute Gasteiger partial charge is 0.243 e. The van der Waals surface area contributed by atoms with Gasteiger partial charge in [0.2, 0.25) is 21.7 Å². The average molecular weight is 401 g/mol. The molecule has 1 aliphatic rings. The summed E-state index contributed by atoms with van der Waals surface area (Å²) in [5.74, 6) is 0.268. The first-order valence-electron chi connectivity index (χ1n) is 9.10. The van der Waals surface area contributed by atoms with Crippen molar-refractivity contribution < 1.29 is 17.3 Å². The van der Waals surface area contributed by atoms with E-state index in [9.17, 15) is 12.8 Å². The molecule has 0 N–H and O–H groups in total. The highest BCUT2D eigenvalue weighted by molar-refractivity contribution is 7.89. The number of aryl methyl sites for hydroxylation is 1. The number of aromatic nitrogens is 2. The lowest BCUT2D eigenvalue weighted by atomic mass is 10.00. The second kappa shape index (κ2) is 7.44. The number of piperidine rings is 1. The van der Waals surface area contributed by atoms with E-state index in [1.54, 1.807) is 36.4 Å². The molecule has 0 aliphatic carbocycles. The molecule has 1 fully saturated rings. The summed E-state index contributed by atoms with van der Waals surface area (Å²) >= 11 is 0. The first-order chi connectivity index (χ1) is 13.4. The van der Waals surface area contributed by atoms with Gasteiger partial charge in [-0.05, 0) is 56.2 Å². The Kier molecular flexibility index (Phi) is 4.99. The molecule has 0 spiro atoms. The molecule has 1 unspecified atom stereocenters. The van der Waals surface area contributed by atoms with E-state index in [1.807, 2.05) is 6.92 Å². The van der Waals surface area contributed by atoms with Gasteiger partial charge >= 0.3 is 0 Å². The zero-order valence-corrected chi connectivity index (χ0v) is 16.2. The van der Waals surface area contributed by atoms with Crippen LogP contribution in [0.25, 0.3) is 11.4 Å². The Balaban J connectivity index is 1.54. The number of nitrogens with zero attached hydrogens (tertiary/aromatic N) is 3. The van der Waals surface area contributed by atoms with Crippen LogP contribution >= 0.6 is 0 Å². The van der Waals surface area contributed by atoms with Gasteiger partial charge in [0.15, 0.2) is 0 Å². The van der Waals surface area contributed by atoms with Crippen LogP contribution in [0.5, 0.6) is 0 Å². The lowest BCUT2D eigenvalue weighted by Gasteiger charge is -2.30. The SMILES string of the molecule is Cc1ccc(S(=O)(=O)N2CCCC(c3nc(-c4ccc(F)cc4)no3)C2)cc1. The van der Waals surface area contributed by atoms with Gasteiger partial charge in [-0.25, -0.2) is 12.8 Å². The Morgan fingerprint density at radius 3 is 2.54 bits per heavy atom. The number of rotatable bonds is 4. The fraction of sp³-hybridized carbons (Fsp3) is 0.300. The lowest BCUT2D eigenvalue weighted by Crippen LogP contribution is -2.39. The predicted octanol–water partition coefficient (Wildman–Crippen LogP) is 3.75. The predicted molar refractivity (Wildman–Crippen MR) is 102 cm³/mol. The third kappa shape index (κ3) is 3.70. The molecule has 146 valence electrons. The molecular weight excluding hydrogens is 381 g/mol. The third-order valence-electron chi connectivity index (χ3n) is 4.94. The summed E-state index contributed by atoms with van der Waals surface area (Å²) in [5.41, 5.74) is 1.66. The Labute approximate surface area is 163 Å². The largest absolute Gasteiger partial charge is 0.339 e. The van der Waals surface area contributed by atoms with Gasteiger partial charge in [0.05, 0.1) is 10.8 Å². The van der Waals surface area contributed by atoms with E-state index in [-0.39, 0.29) is 16.6 Å². The molecule has 2 heterocycles. The quantitative estimate of drug-likeness (QED) is 0.665. The molecule has 1 atom stereocenters. The van der Waals surface area contributed by atoms with Gasteiger partial charge in [0.25, 0.3) is 0 Å². The molecule has 8 heteroatoms. The van der Waals surface area contributed by atoms with Gasteiger partial charge in [-0.15, -0.1) is 0 Å². The lowest BCUT2D eigenvalue weighted by molar-refractivity contribution is 0.265. The zero-order valence-electron chi connectivity index (χ0n) is 15.4. The highest BCUT2D eigenvalue weighted by Crippen LogP contribution is 2.30. The summed E-state index contributed by atoms with van der Waals surface area (Å²) in [6.45, 7) is 2.68. The van der Waals surface area contributed by atoms with Gasteiger partial charge in [0.1, 0.15) is 5.82 Å². The van der Waals surface area contributed by atoms with Crippen molar-refractivity contribution in [2.24, 2.45) is 0 Å². The third-order valence-corrected chi connectivity index (χ3v) is 6.82. The van der Waals surface area contributed by atoms with Crippen LogP contribution in [0.1, 0.15) is 30.2 Å². The van der Waals surface area contributed by atoms with Crippen LogP contribution in [0.15, 0.2) is 57.9 Å². The van der Waals surface area contributed by atoms with E-state index in [2.05, 4.69) is 10.1 Å². The van der Waals surface area contributed by atoms with Crippen molar-refractivity contribution >= 4 is 10.0 Å². The molecule has 1 aromatic heterocycles. The first-order valence-corrected chi connectivity index (χ1v) is 10.5. The fourth-order valence-electron chi connectivity index (χ4n) is 3.34. The number of halogens is 1. The van der Waals surface area contributed by atoms with E-state index in [4.69, 9.17) is 4.52 Å². The molecule has 0 saturated carbocycles. The van der Waals surface area contributed by atoms with Gasteiger partial charge in [0, 0.05) is 18.7 Å². The van der Waals surface area contributed by atoms with Crippen molar-refractivity contribution in [2.75, 3.05) is 13.1 Å². The average Bonchev–Trinajstić information content (AvgIpc) is 3.19. The highest BCUT2D eigenvalue weighted by atomic mass is 32.2. The molecule has 4 rings (SSSR count). The van der Waals surface area contributed by atoms with E-state index in [0.29, 0.717) is 36.8 Å². The van der Waals surface area contributed by atoms with Gasteiger partial charge in [-0.3, -0.25) is 0 Å². The van der Waals surface area contributed by atoms with Crippen molar-refractivity contribution in [3.8, 4) is 11.4 Å². The van der Waals surface area contributed by atoms with Crippen LogP contribution in [-0.2, 0) is 10.0 Å². The minimum absolute atomic E-state index is 0.171. The molecule has 1 saturated heterocycles. The number of sulfonamides is 1. The fourth-order valence-corrected chi connectivity index (χ4v) is 4.86. The van der Waals surface area contributed by atoms with Gasteiger partial charge in [-0.2, -0.15) is 9.29 Å². The van der Waals surface area contributed by atoms with E-state index < -0.39 is 10.0 Å². The summed E-state index contributed by atoms with van der Waals surface area (Å²) in [4.78, 5) is 4.70. The minimum atomic E-state index is -3.57. The normalized spacial score (nSPS) is 18.3. The van der Waals surface area contributed by atoms with Crippen LogP contribution < -0.4 is 0 Å². The van der Waals surface area contributed by atoms with E-state index >= 15 is 0 Å². The number of hydrogen-bond donors (Lipinski definition) is 0.